The van der Waals surface area contributed by atoms with Gasteiger partial charge in [0.15, 0.2) is 0 Å². The highest BCUT2D eigenvalue weighted by atomic mass is 14.3. The molecular formula is C31H33N. The first-order valence-electron chi connectivity index (χ1n) is 11.9. The average Bonchev–Trinajstić information content (AvgIpc) is 2.89. The molecule has 0 saturated heterocycles. The van der Waals surface area contributed by atoms with Crippen LogP contribution in [-0.4, -0.2) is 0 Å². The molecule has 0 N–H and O–H groups in total. The molecule has 0 aliphatic heterocycles. The monoisotopic (exact) mass is 419 g/mol. The molecular weight excluding hydrogens is 386 g/mol. The van der Waals surface area contributed by atoms with Crippen LogP contribution in [0.2, 0.25) is 0 Å². The molecule has 4 rings (SSSR count). The van der Waals surface area contributed by atoms with E-state index in [1.165, 1.54) is 50.5 Å². The van der Waals surface area contributed by atoms with Crippen LogP contribution in [0.15, 0.2) is 60.2 Å². The lowest BCUT2D eigenvalue weighted by atomic mass is 9.71. The summed E-state index contributed by atoms with van der Waals surface area (Å²) in [6, 6.07) is 18.3. The first-order chi connectivity index (χ1) is 15.7. The molecule has 2 aromatic carbocycles. The summed E-state index contributed by atoms with van der Waals surface area (Å²) in [7, 11) is 0. The standard InChI is InChI=1S/C29H31N.C2H2/c1-2-22-5-13-26(14-6-22)27-15-7-23(8-16-27)3-4-24-9-17-28(18-10-24)29-19-11-25(21-30)12-20-29;1-2/h7,9-12,17-20,22,26-27H,2,5-6,8,13-16H2,1H3;1-2H. The number of rotatable bonds is 3. The van der Waals surface area contributed by atoms with Crippen molar-refractivity contribution in [2.24, 2.45) is 17.8 Å². The Kier molecular flexibility index (Phi) is 8.79. The second kappa shape index (κ2) is 12.0. The number of benzene rings is 2. The maximum atomic E-state index is 8.93. The van der Waals surface area contributed by atoms with E-state index in [9.17, 15) is 0 Å². The highest BCUT2D eigenvalue weighted by molar-refractivity contribution is 5.65. The lowest BCUT2D eigenvalue weighted by Gasteiger charge is -2.34. The quantitative estimate of drug-likeness (QED) is 0.466. The van der Waals surface area contributed by atoms with E-state index >= 15 is 0 Å². The van der Waals surface area contributed by atoms with Gasteiger partial charge in [-0.1, -0.05) is 68.4 Å². The lowest BCUT2D eigenvalue weighted by molar-refractivity contribution is 0.190. The van der Waals surface area contributed by atoms with E-state index in [0.29, 0.717) is 5.56 Å². The molecule has 2 aliphatic rings. The van der Waals surface area contributed by atoms with Crippen molar-refractivity contribution in [3.63, 3.8) is 0 Å². The Morgan fingerprint density at radius 2 is 1.38 bits per heavy atom. The number of nitrogens with zero attached hydrogens (tertiary/aromatic N) is 1. The molecule has 2 aromatic rings. The minimum atomic E-state index is 0.692. The second-order valence-electron chi connectivity index (χ2n) is 8.97. The third-order valence-electron chi connectivity index (χ3n) is 7.19. The van der Waals surface area contributed by atoms with E-state index in [4.69, 9.17) is 5.26 Å². The molecule has 0 amide bonds. The number of hydrogen-bond acceptors (Lipinski definition) is 1. The molecule has 162 valence electrons. The van der Waals surface area contributed by atoms with Gasteiger partial charge in [0.25, 0.3) is 0 Å². The Hall–Kier alpha value is -3.21. The van der Waals surface area contributed by atoms with Crippen LogP contribution >= 0.6 is 0 Å². The van der Waals surface area contributed by atoms with E-state index < -0.39 is 0 Å². The van der Waals surface area contributed by atoms with Gasteiger partial charge >= 0.3 is 0 Å². The molecule has 0 bridgehead atoms. The van der Waals surface area contributed by atoms with Gasteiger partial charge in [-0.15, -0.1) is 12.8 Å². The van der Waals surface area contributed by atoms with Crippen LogP contribution in [-0.2, 0) is 0 Å². The summed E-state index contributed by atoms with van der Waals surface area (Å²) >= 11 is 0. The normalized spacial score (nSPS) is 22.2. The molecule has 32 heavy (non-hydrogen) atoms. The summed E-state index contributed by atoms with van der Waals surface area (Å²) < 4.78 is 0. The van der Waals surface area contributed by atoms with Crippen LogP contribution in [0.1, 0.15) is 69.4 Å². The van der Waals surface area contributed by atoms with Crippen molar-refractivity contribution in [2.75, 3.05) is 0 Å². The largest absolute Gasteiger partial charge is 0.192 e. The maximum absolute atomic E-state index is 8.93. The maximum Gasteiger partial charge on any atom is 0.0991 e. The smallest absolute Gasteiger partial charge is 0.0991 e. The summed E-state index contributed by atoms with van der Waals surface area (Å²) in [6.07, 6.45) is 21.3. The van der Waals surface area contributed by atoms with Gasteiger partial charge in [0.05, 0.1) is 11.6 Å². The summed E-state index contributed by atoms with van der Waals surface area (Å²) in [5.74, 6) is 9.62. The first kappa shape index (κ1) is 23.5. The van der Waals surface area contributed by atoms with Crippen LogP contribution in [0.5, 0.6) is 0 Å². The molecule has 2 aliphatic carbocycles. The van der Waals surface area contributed by atoms with Crippen molar-refractivity contribution in [3.8, 4) is 41.9 Å². The number of nitriles is 1. The minimum absolute atomic E-state index is 0.692. The zero-order valence-corrected chi connectivity index (χ0v) is 19.2. The second-order valence-corrected chi connectivity index (χ2v) is 8.97. The topological polar surface area (TPSA) is 23.8 Å². The Bertz CT molecular complexity index is 1010. The van der Waals surface area contributed by atoms with Gasteiger partial charge in [0.1, 0.15) is 0 Å². The van der Waals surface area contributed by atoms with Crippen molar-refractivity contribution in [1.82, 2.24) is 0 Å². The fraction of sp³-hybridized carbons (Fsp3) is 0.387. The van der Waals surface area contributed by atoms with E-state index in [1.54, 1.807) is 0 Å². The van der Waals surface area contributed by atoms with E-state index in [0.717, 1.165) is 40.9 Å². The Morgan fingerprint density at radius 1 is 0.781 bits per heavy atom. The Morgan fingerprint density at radius 3 is 1.88 bits per heavy atom. The molecule has 1 heteroatoms. The van der Waals surface area contributed by atoms with Gasteiger partial charge in [-0.25, -0.2) is 0 Å². The average molecular weight is 420 g/mol. The predicted octanol–water partition coefficient (Wildman–Crippen LogP) is 7.77. The first-order valence-corrected chi connectivity index (χ1v) is 11.9. The fourth-order valence-electron chi connectivity index (χ4n) is 5.10. The molecule has 0 aromatic heterocycles. The Balaban J connectivity index is 0.00000141. The highest BCUT2D eigenvalue weighted by Gasteiger charge is 2.27. The fourth-order valence-corrected chi connectivity index (χ4v) is 5.10. The van der Waals surface area contributed by atoms with Gasteiger partial charge in [-0.05, 0) is 90.8 Å². The zero-order chi connectivity index (χ0) is 22.8. The summed E-state index contributed by atoms with van der Waals surface area (Å²) in [5.41, 5.74) is 5.36. The number of terminal acetylenes is 1. The van der Waals surface area contributed by atoms with Gasteiger partial charge in [-0.3, -0.25) is 0 Å². The molecule has 0 spiro atoms. The van der Waals surface area contributed by atoms with Crippen molar-refractivity contribution < 1.29 is 0 Å². The Labute approximate surface area is 194 Å². The lowest BCUT2D eigenvalue weighted by Crippen LogP contribution is -2.22. The molecule has 0 radical (unpaired) electrons. The number of hydrogen-bond donors (Lipinski definition) is 0. The molecule has 0 heterocycles. The van der Waals surface area contributed by atoms with Crippen LogP contribution in [0.25, 0.3) is 11.1 Å². The highest BCUT2D eigenvalue weighted by Crippen LogP contribution is 2.40. The van der Waals surface area contributed by atoms with Crippen molar-refractivity contribution in [1.29, 1.82) is 5.26 Å². The van der Waals surface area contributed by atoms with Crippen LogP contribution in [0, 0.1) is 53.8 Å². The van der Waals surface area contributed by atoms with Crippen LogP contribution < -0.4 is 0 Å². The molecule has 1 unspecified atom stereocenters. The SMILES string of the molecule is C#C.CCC1CCC(C2CC=C(C#Cc3ccc(-c4ccc(C#N)cc4)cc3)CC2)CC1. The third-order valence-corrected chi connectivity index (χ3v) is 7.19. The molecule has 1 saturated carbocycles. The van der Waals surface area contributed by atoms with E-state index in [2.05, 4.69) is 68.0 Å². The van der Waals surface area contributed by atoms with E-state index in [-0.39, 0.29) is 0 Å². The minimum Gasteiger partial charge on any atom is -0.192 e. The van der Waals surface area contributed by atoms with Crippen LogP contribution in [0.3, 0.4) is 0 Å². The predicted molar refractivity (Wildman–Crippen MR) is 135 cm³/mol. The summed E-state index contributed by atoms with van der Waals surface area (Å²) in [6.45, 7) is 2.35. The molecule has 1 nitrogen and oxygen atoms in total. The van der Waals surface area contributed by atoms with Crippen molar-refractivity contribution >= 4 is 0 Å². The van der Waals surface area contributed by atoms with Gasteiger partial charge in [-0.2, -0.15) is 5.26 Å². The van der Waals surface area contributed by atoms with Crippen molar-refractivity contribution in [3.05, 3.63) is 71.3 Å². The number of allylic oxidation sites excluding steroid dienone is 2. The third kappa shape index (κ3) is 6.16. The molecule has 1 fully saturated rings. The van der Waals surface area contributed by atoms with Crippen LogP contribution in [0.4, 0.5) is 0 Å². The van der Waals surface area contributed by atoms with Gasteiger partial charge in [0.2, 0.25) is 0 Å². The summed E-state index contributed by atoms with van der Waals surface area (Å²) in [4.78, 5) is 0. The van der Waals surface area contributed by atoms with Gasteiger partial charge in [0, 0.05) is 5.56 Å². The zero-order valence-electron chi connectivity index (χ0n) is 19.2. The van der Waals surface area contributed by atoms with Gasteiger partial charge < -0.3 is 0 Å². The molecule has 1 atom stereocenters. The van der Waals surface area contributed by atoms with Crippen molar-refractivity contribution in [2.45, 2.75) is 58.3 Å². The van der Waals surface area contributed by atoms with E-state index in [1.807, 2.05) is 24.3 Å². The summed E-state index contributed by atoms with van der Waals surface area (Å²) in [5, 5.41) is 8.93.